The van der Waals surface area contributed by atoms with Crippen molar-refractivity contribution in [2.24, 2.45) is 0 Å². The zero-order valence-corrected chi connectivity index (χ0v) is 22.1. The quantitative estimate of drug-likeness (QED) is 0.431. The summed E-state index contributed by atoms with van der Waals surface area (Å²) in [5.41, 5.74) is 2.16. The third-order valence-electron chi connectivity index (χ3n) is 5.88. The van der Waals surface area contributed by atoms with Crippen molar-refractivity contribution in [1.29, 1.82) is 0 Å². The fourth-order valence-corrected chi connectivity index (χ4v) is 5.37. The third kappa shape index (κ3) is 6.65. The van der Waals surface area contributed by atoms with Gasteiger partial charge in [-0.25, -0.2) is 8.42 Å². The molecule has 36 heavy (non-hydrogen) atoms. The Morgan fingerprint density at radius 2 is 1.64 bits per heavy atom. The van der Waals surface area contributed by atoms with E-state index >= 15 is 0 Å². The molecule has 9 heteroatoms. The fourth-order valence-electron chi connectivity index (χ4n) is 3.78. The lowest BCUT2D eigenvalue weighted by molar-refractivity contribution is -0.138. The number of carbonyl (C=O) groups is 2. The summed E-state index contributed by atoms with van der Waals surface area (Å²) in [5.74, 6) is -0.843. The Morgan fingerprint density at radius 1 is 0.972 bits per heavy atom. The zero-order chi connectivity index (χ0) is 26.3. The second kappa shape index (κ2) is 12.1. The highest BCUT2D eigenvalue weighted by Gasteiger charge is 2.32. The van der Waals surface area contributed by atoms with Gasteiger partial charge in [-0.15, -0.1) is 0 Å². The van der Waals surface area contributed by atoms with E-state index in [9.17, 15) is 18.0 Å². The molecular formula is C27H30ClN3O4S. The van der Waals surface area contributed by atoms with Gasteiger partial charge in [0, 0.05) is 18.6 Å². The van der Waals surface area contributed by atoms with Crippen LogP contribution in [0.15, 0.2) is 83.8 Å². The first kappa shape index (κ1) is 27.2. The summed E-state index contributed by atoms with van der Waals surface area (Å²) >= 11 is 6.16. The molecule has 0 saturated heterocycles. The topological polar surface area (TPSA) is 86.8 Å². The molecule has 3 rings (SSSR count). The number of hydrogen-bond acceptors (Lipinski definition) is 4. The molecule has 1 N–H and O–H groups in total. The van der Waals surface area contributed by atoms with Crippen molar-refractivity contribution in [2.75, 3.05) is 24.4 Å². The average Bonchev–Trinajstić information content (AvgIpc) is 2.87. The van der Waals surface area contributed by atoms with Crippen LogP contribution in [0, 0.1) is 6.92 Å². The summed E-state index contributed by atoms with van der Waals surface area (Å²) in [6.07, 6.45) is 0.510. The molecule has 0 bridgehead atoms. The Kier molecular flexibility index (Phi) is 9.12. The number of benzene rings is 3. The number of likely N-dealkylation sites (N-methyl/N-ethyl adjacent to an activating group) is 1. The first-order valence-corrected chi connectivity index (χ1v) is 13.3. The molecule has 1 atom stereocenters. The van der Waals surface area contributed by atoms with Crippen molar-refractivity contribution >= 4 is 39.1 Å². The van der Waals surface area contributed by atoms with Crippen molar-refractivity contribution in [3.8, 4) is 0 Å². The maximum Gasteiger partial charge on any atom is 0.264 e. The van der Waals surface area contributed by atoms with Crippen LogP contribution in [0.5, 0.6) is 0 Å². The van der Waals surface area contributed by atoms with Crippen molar-refractivity contribution in [2.45, 2.75) is 31.2 Å². The summed E-state index contributed by atoms with van der Waals surface area (Å²) in [7, 11) is -2.61. The summed E-state index contributed by atoms with van der Waals surface area (Å²) < 4.78 is 28.4. The predicted molar refractivity (Wildman–Crippen MR) is 143 cm³/mol. The molecule has 0 unspecified atom stereocenters. The van der Waals surface area contributed by atoms with Crippen LogP contribution in [-0.4, -0.2) is 51.3 Å². The molecule has 190 valence electrons. The fraction of sp³-hybridized carbons (Fsp3) is 0.259. The van der Waals surface area contributed by atoms with E-state index < -0.39 is 28.5 Å². The van der Waals surface area contributed by atoms with Gasteiger partial charge in [0.1, 0.15) is 12.6 Å². The van der Waals surface area contributed by atoms with E-state index in [0.717, 1.165) is 15.4 Å². The van der Waals surface area contributed by atoms with Crippen LogP contribution in [-0.2, 0) is 26.0 Å². The van der Waals surface area contributed by atoms with E-state index in [1.165, 1.54) is 30.1 Å². The number of amides is 2. The highest BCUT2D eigenvalue weighted by molar-refractivity contribution is 7.92. The number of sulfonamides is 1. The van der Waals surface area contributed by atoms with Gasteiger partial charge < -0.3 is 10.2 Å². The van der Waals surface area contributed by atoms with Gasteiger partial charge in [-0.05, 0) is 56.2 Å². The Bertz CT molecular complexity index is 1300. The van der Waals surface area contributed by atoms with Gasteiger partial charge in [-0.2, -0.15) is 0 Å². The molecule has 0 saturated carbocycles. The van der Waals surface area contributed by atoms with Gasteiger partial charge in [0.25, 0.3) is 10.0 Å². The molecule has 3 aromatic rings. The molecule has 0 radical (unpaired) electrons. The van der Waals surface area contributed by atoms with E-state index in [1.54, 1.807) is 37.3 Å². The second-order valence-corrected chi connectivity index (χ2v) is 10.7. The van der Waals surface area contributed by atoms with Gasteiger partial charge in [0.05, 0.1) is 10.6 Å². The van der Waals surface area contributed by atoms with Crippen LogP contribution in [0.25, 0.3) is 0 Å². The lowest BCUT2D eigenvalue weighted by atomic mass is 10.1. The number of nitrogens with zero attached hydrogens (tertiary/aromatic N) is 2. The largest absolute Gasteiger partial charge is 0.357 e. The molecule has 0 heterocycles. The number of anilines is 1. The first-order valence-electron chi connectivity index (χ1n) is 11.5. The molecule has 7 nitrogen and oxygen atoms in total. The molecule has 0 spiro atoms. The van der Waals surface area contributed by atoms with Crippen molar-refractivity contribution < 1.29 is 18.0 Å². The standard InChI is InChI=1S/C27H30ClN3O4S/c1-20-12-14-25(15-13-20)36(34,35)31(24-11-7-10-23(28)18-24)19-26(32)30(21(2)27(33)29-3)17-16-22-8-5-4-6-9-22/h4-15,18,21H,16-17,19H2,1-3H3,(H,29,33)/t21-/m0/s1. The molecule has 0 aliphatic rings. The minimum absolute atomic E-state index is 0.0519. The number of hydrogen-bond donors (Lipinski definition) is 1. The Labute approximate surface area is 217 Å². The molecular weight excluding hydrogens is 498 g/mol. The molecule has 3 aromatic carbocycles. The summed E-state index contributed by atoms with van der Waals surface area (Å²) in [6, 6.07) is 21.5. The van der Waals surface area contributed by atoms with Gasteiger partial charge in [0.15, 0.2) is 0 Å². The smallest absolute Gasteiger partial charge is 0.264 e. The molecule has 0 aliphatic carbocycles. The summed E-state index contributed by atoms with van der Waals surface area (Å²) in [6.45, 7) is 3.23. The number of nitrogens with one attached hydrogen (secondary N) is 1. The molecule has 0 fully saturated rings. The van der Waals surface area contributed by atoms with E-state index in [2.05, 4.69) is 5.32 Å². The van der Waals surface area contributed by atoms with Gasteiger partial charge >= 0.3 is 0 Å². The maximum absolute atomic E-state index is 13.7. The Balaban J connectivity index is 1.97. The third-order valence-corrected chi connectivity index (χ3v) is 7.91. The Morgan fingerprint density at radius 3 is 2.25 bits per heavy atom. The van der Waals surface area contributed by atoms with Crippen LogP contribution < -0.4 is 9.62 Å². The van der Waals surface area contributed by atoms with E-state index in [0.29, 0.717) is 11.4 Å². The minimum atomic E-state index is -4.11. The number of aryl methyl sites for hydroxylation is 1. The van der Waals surface area contributed by atoms with E-state index in [4.69, 9.17) is 11.6 Å². The number of carbonyl (C=O) groups excluding carboxylic acids is 2. The number of rotatable bonds is 10. The van der Waals surface area contributed by atoms with Crippen LogP contribution in [0.4, 0.5) is 5.69 Å². The number of halogens is 1. The lowest BCUT2D eigenvalue weighted by Gasteiger charge is -2.31. The van der Waals surface area contributed by atoms with Crippen LogP contribution in [0.2, 0.25) is 5.02 Å². The predicted octanol–water partition coefficient (Wildman–Crippen LogP) is 4.05. The Hall–Kier alpha value is -3.36. The van der Waals surface area contributed by atoms with E-state index in [-0.39, 0.29) is 23.0 Å². The van der Waals surface area contributed by atoms with Gasteiger partial charge in [0.2, 0.25) is 11.8 Å². The monoisotopic (exact) mass is 527 g/mol. The molecule has 0 aromatic heterocycles. The van der Waals surface area contributed by atoms with Crippen LogP contribution in [0.3, 0.4) is 0 Å². The van der Waals surface area contributed by atoms with E-state index in [1.807, 2.05) is 37.3 Å². The molecule has 2 amide bonds. The van der Waals surface area contributed by atoms with Gasteiger partial charge in [-0.3, -0.25) is 13.9 Å². The summed E-state index contributed by atoms with van der Waals surface area (Å²) in [5, 5.41) is 2.91. The normalized spacial score (nSPS) is 12.0. The first-order chi connectivity index (χ1) is 17.1. The van der Waals surface area contributed by atoms with Crippen molar-refractivity contribution in [3.05, 3.63) is 95.0 Å². The van der Waals surface area contributed by atoms with Gasteiger partial charge in [-0.1, -0.05) is 65.7 Å². The lowest BCUT2D eigenvalue weighted by Crippen LogP contribution is -2.51. The highest BCUT2D eigenvalue weighted by Crippen LogP contribution is 2.27. The summed E-state index contributed by atoms with van der Waals surface area (Å²) in [4.78, 5) is 27.6. The molecule has 0 aliphatic heterocycles. The average molecular weight is 528 g/mol. The maximum atomic E-state index is 13.7. The second-order valence-electron chi connectivity index (χ2n) is 8.42. The highest BCUT2D eigenvalue weighted by atomic mass is 35.5. The van der Waals surface area contributed by atoms with Crippen LogP contribution in [0.1, 0.15) is 18.1 Å². The van der Waals surface area contributed by atoms with Crippen molar-refractivity contribution in [3.63, 3.8) is 0 Å². The van der Waals surface area contributed by atoms with Crippen molar-refractivity contribution in [1.82, 2.24) is 10.2 Å². The zero-order valence-electron chi connectivity index (χ0n) is 20.5. The van der Waals surface area contributed by atoms with Crippen LogP contribution >= 0.6 is 11.6 Å². The SMILES string of the molecule is CNC(=O)[C@H](C)N(CCc1ccccc1)C(=O)CN(c1cccc(Cl)c1)S(=O)(=O)c1ccc(C)cc1. The minimum Gasteiger partial charge on any atom is -0.357 e.